The van der Waals surface area contributed by atoms with Gasteiger partial charge in [0, 0.05) is 25.8 Å². The molecule has 0 aliphatic heterocycles. The lowest BCUT2D eigenvalue weighted by Crippen LogP contribution is -2.46. The molecule has 2 aromatic rings. The zero-order valence-electron chi connectivity index (χ0n) is 12.7. The fraction of sp³-hybridized carbons (Fsp3) is 0.533. The van der Waals surface area contributed by atoms with Crippen molar-refractivity contribution in [3.05, 3.63) is 29.9 Å². The van der Waals surface area contributed by atoms with Gasteiger partial charge in [-0.3, -0.25) is 0 Å². The van der Waals surface area contributed by atoms with Gasteiger partial charge >= 0.3 is 0 Å². The van der Waals surface area contributed by atoms with E-state index in [1.54, 1.807) is 19.4 Å². The zero-order chi connectivity index (χ0) is 15.3. The zero-order valence-corrected chi connectivity index (χ0v) is 12.7. The van der Waals surface area contributed by atoms with Crippen molar-refractivity contribution < 1.29 is 18.7 Å². The summed E-state index contributed by atoms with van der Waals surface area (Å²) in [6.45, 7) is 5.03. The van der Waals surface area contributed by atoms with Crippen molar-refractivity contribution in [2.24, 2.45) is 0 Å². The van der Waals surface area contributed by atoms with Crippen LogP contribution in [-0.4, -0.2) is 36.0 Å². The number of rotatable bonds is 8. The Kier molecular flexibility index (Phi) is 5.17. The predicted octanol–water partition coefficient (Wildman–Crippen LogP) is 2.12. The van der Waals surface area contributed by atoms with Crippen molar-refractivity contribution in [3.63, 3.8) is 0 Å². The van der Waals surface area contributed by atoms with E-state index in [-0.39, 0.29) is 12.1 Å². The fourth-order valence-corrected chi connectivity index (χ4v) is 2.17. The number of furan rings is 1. The summed E-state index contributed by atoms with van der Waals surface area (Å²) in [6, 6.07) is 3.60. The van der Waals surface area contributed by atoms with E-state index in [4.69, 9.17) is 18.7 Å². The number of hydrogen-bond donors (Lipinski definition) is 2. The molecule has 0 fully saturated rings. The molecule has 0 spiro atoms. The van der Waals surface area contributed by atoms with Crippen molar-refractivity contribution in [1.29, 1.82) is 0 Å². The first-order chi connectivity index (χ1) is 10.1. The van der Waals surface area contributed by atoms with Crippen LogP contribution in [0, 0.1) is 6.92 Å². The third-order valence-electron chi connectivity index (χ3n) is 3.43. The number of hydrogen-bond acceptors (Lipinski definition) is 6. The van der Waals surface area contributed by atoms with Gasteiger partial charge in [-0.25, -0.2) is 4.98 Å². The van der Waals surface area contributed by atoms with Gasteiger partial charge in [0.05, 0.1) is 18.6 Å². The molecule has 2 aromatic heterocycles. The number of aromatic nitrogens is 1. The first-order valence-electron chi connectivity index (χ1n) is 6.93. The number of oxazole rings is 1. The van der Waals surface area contributed by atoms with Crippen LogP contribution in [0.5, 0.6) is 0 Å². The second-order valence-electron chi connectivity index (χ2n) is 5.32. The smallest absolute Gasteiger partial charge is 0.263 e. The molecule has 0 aliphatic carbocycles. The van der Waals surface area contributed by atoms with Gasteiger partial charge in [0.15, 0.2) is 5.76 Å². The maximum Gasteiger partial charge on any atom is 0.263 e. The van der Waals surface area contributed by atoms with Crippen LogP contribution < -0.4 is 5.32 Å². The molecule has 21 heavy (non-hydrogen) atoms. The van der Waals surface area contributed by atoms with E-state index in [0.717, 1.165) is 11.5 Å². The van der Waals surface area contributed by atoms with Crippen molar-refractivity contribution >= 4 is 0 Å². The van der Waals surface area contributed by atoms with Crippen molar-refractivity contribution in [1.82, 2.24) is 10.3 Å². The van der Waals surface area contributed by atoms with Gasteiger partial charge in [0.25, 0.3) is 5.89 Å². The van der Waals surface area contributed by atoms with E-state index < -0.39 is 0 Å². The van der Waals surface area contributed by atoms with Gasteiger partial charge in [-0.1, -0.05) is 0 Å². The molecule has 2 N–H and O–H groups in total. The highest BCUT2D eigenvalue weighted by atomic mass is 16.5. The Labute approximate surface area is 124 Å². The molecule has 0 bridgehead atoms. The molecule has 116 valence electrons. The Hall–Kier alpha value is -1.63. The number of nitrogens with zero attached hydrogens (tertiary/aromatic N) is 1. The number of ether oxygens (including phenoxy) is 1. The Balaban J connectivity index is 2.06. The van der Waals surface area contributed by atoms with Gasteiger partial charge < -0.3 is 24.0 Å². The molecule has 1 atom stereocenters. The largest absolute Gasteiger partial charge is 0.459 e. The van der Waals surface area contributed by atoms with Crippen LogP contribution in [0.2, 0.25) is 0 Å². The lowest BCUT2D eigenvalue weighted by atomic mass is 9.99. The van der Waals surface area contributed by atoms with Gasteiger partial charge in [0.1, 0.15) is 5.76 Å². The van der Waals surface area contributed by atoms with Crippen LogP contribution in [-0.2, 0) is 11.3 Å². The molecule has 1 unspecified atom stereocenters. The summed E-state index contributed by atoms with van der Waals surface area (Å²) in [5.41, 5.74) is 0.515. The highest BCUT2D eigenvalue weighted by Crippen LogP contribution is 2.22. The summed E-state index contributed by atoms with van der Waals surface area (Å²) in [5.74, 6) is 1.84. The maximum atomic E-state index is 9.17. The van der Waals surface area contributed by atoms with Crippen LogP contribution in [0.25, 0.3) is 11.7 Å². The predicted molar refractivity (Wildman–Crippen MR) is 77.8 cm³/mol. The first-order valence-corrected chi connectivity index (χ1v) is 6.93. The topological polar surface area (TPSA) is 80.7 Å². The average Bonchev–Trinajstić information content (AvgIpc) is 3.06. The average molecular weight is 294 g/mol. The second-order valence-corrected chi connectivity index (χ2v) is 5.32. The number of methoxy groups -OCH3 is 1. The fourth-order valence-electron chi connectivity index (χ4n) is 2.17. The minimum absolute atomic E-state index is 0.0995. The van der Waals surface area contributed by atoms with Gasteiger partial charge in [0.2, 0.25) is 0 Å². The van der Waals surface area contributed by atoms with Gasteiger partial charge in [-0.15, -0.1) is 0 Å². The Morgan fingerprint density at radius 2 is 2.29 bits per heavy atom. The lowest BCUT2D eigenvalue weighted by Gasteiger charge is -2.29. The summed E-state index contributed by atoms with van der Waals surface area (Å²) >= 11 is 0. The van der Waals surface area contributed by atoms with Crippen LogP contribution >= 0.6 is 0 Å². The van der Waals surface area contributed by atoms with Crippen LogP contribution in [0.4, 0.5) is 0 Å². The monoisotopic (exact) mass is 294 g/mol. The summed E-state index contributed by atoms with van der Waals surface area (Å²) in [4.78, 5) is 4.45. The Morgan fingerprint density at radius 3 is 2.90 bits per heavy atom. The quantitative estimate of drug-likeness (QED) is 0.776. The Morgan fingerprint density at radius 1 is 1.48 bits per heavy atom. The number of aliphatic hydroxyl groups is 1. The van der Waals surface area contributed by atoms with E-state index in [0.29, 0.717) is 31.2 Å². The van der Waals surface area contributed by atoms with Crippen molar-refractivity contribution in [2.75, 3.05) is 20.3 Å². The number of nitrogens with one attached hydrogen (secondary N) is 1. The summed E-state index contributed by atoms with van der Waals surface area (Å²) < 4.78 is 16.1. The maximum absolute atomic E-state index is 9.17. The highest BCUT2D eigenvalue weighted by Gasteiger charge is 2.24. The summed E-state index contributed by atoms with van der Waals surface area (Å²) in [7, 11) is 1.65. The van der Waals surface area contributed by atoms with Gasteiger partial charge in [-0.2, -0.15) is 0 Å². The molecule has 0 aliphatic rings. The molecule has 0 aromatic carbocycles. The molecular formula is C15H22N2O4. The third-order valence-corrected chi connectivity index (χ3v) is 3.43. The molecule has 2 heterocycles. The standard InChI is InChI=1S/C15H22N2O4/c1-11-12(9-16-15(2,6-7-18)10-19-3)17-14(21-11)13-5-4-8-20-13/h4-5,8,16,18H,6-7,9-10H2,1-3H3. The number of aryl methyl sites for hydroxylation is 1. The molecule has 0 saturated carbocycles. The SMILES string of the molecule is COCC(C)(CCO)NCc1nc(-c2ccco2)oc1C. The van der Waals surface area contributed by atoms with Crippen LogP contribution in [0.3, 0.4) is 0 Å². The normalized spacial score (nSPS) is 14.3. The first kappa shape index (κ1) is 15.8. The number of aliphatic hydroxyl groups excluding tert-OH is 1. The molecule has 0 amide bonds. The van der Waals surface area contributed by atoms with E-state index in [1.807, 2.05) is 19.9 Å². The molecule has 2 rings (SSSR count). The molecule has 6 nitrogen and oxygen atoms in total. The minimum Gasteiger partial charge on any atom is -0.459 e. The van der Waals surface area contributed by atoms with Crippen LogP contribution in [0.1, 0.15) is 24.8 Å². The van der Waals surface area contributed by atoms with Crippen molar-refractivity contribution in [2.45, 2.75) is 32.4 Å². The molecule has 0 saturated heterocycles. The van der Waals surface area contributed by atoms with E-state index in [9.17, 15) is 0 Å². The van der Waals surface area contributed by atoms with Crippen molar-refractivity contribution in [3.8, 4) is 11.7 Å². The van der Waals surface area contributed by atoms with Crippen LogP contribution in [0.15, 0.2) is 27.2 Å². The summed E-state index contributed by atoms with van der Waals surface area (Å²) in [5, 5.41) is 12.5. The third kappa shape index (κ3) is 3.93. The second kappa shape index (κ2) is 6.89. The van der Waals surface area contributed by atoms with E-state index >= 15 is 0 Å². The summed E-state index contributed by atoms with van der Waals surface area (Å²) in [6.07, 6.45) is 2.19. The van der Waals surface area contributed by atoms with E-state index in [1.165, 1.54) is 0 Å². The van der Waals surface area contributed by atoms with Gasteiger partial charge in [-0.05, 0) is 32.4 Å². The lowest BCUT2D eigenvalue weighted by molar-refractivity contribution is 0.0967. The molecule has 0 radical (unpaired) electrons. The molecular weight excluding hydrogens is 272 g/mol. The highest BCUT2D eigenvalue weighted by molar-refractivity contribution is 5.44. The minimum atomic E-state index is -0.306. The Bertz CT molecular complexity index is 542. The molecule has 6 heteroatoms. The van der Waals surface area contributed by atoms with E-state index in [2.05, 4.69) is 10.3 Å².